The van der Waals surface area contributed by atoms with E-state index in [0.29, 0.717) is 6.04 Å². The van der Waals surface area contributed by atoms with Crippen LogP contribution in [0.25, 0.3) is 6.08 Å². The maximum atomic E-state index is 8.05. The van der Waals surface area contributed by atoms with Crippen LogP contribution in [-0.4, -0.2) is 87.9 Å². The molecule has 1 heterocycles. The normalized spacial score (nSPS) is 22.2. The average molecular weight is 854 g/mol. The zero-order chi connectivity index (χ0) is 38.6. The summed E-state index contributed by atoms with van der Waals surface area (Å²) in [6.45, 7) is 51.2. The van der Waals surface area contributed by atoms with Crippen molar-refractivity contribution in [3.63, 3.8) is 0 Å². The summed E-state index contributed by atoms with van der Waals surface area (Å²) in [6.07, 6.45) is 1.96. The van der Waals surface area contributed by atoms with Crippen LogP contribution in [0.4, 0.5) is 0 Å². The minimum absolute atomic E-state index is 0.365. The van der Waals surface area contributed by atoms with E-state index in [4.69, 9.17) is 33.9 Å². The van der Waals surface area contributed by atoms with E-state index in [0.717, 1.165) is 10.8 Å². The van der Waals surface area contributed by atoms with E-state index in [1.165, 1.54) is 0 Å². The molecule has 0 aromatic heterocycles. The first kappa shape index (κ1) is 46.0. The number of hydrogen-bond donors (Lipinski definition) is 0. The van der Waals surface area contributed by atoms with Gasteiger partial charge in [-0.1, -0.05) is 36.9 Å². The molecule has 18 heteroatoms. The highest BCUT2D eigenvalue weighted by Crippen LogP contribution is 2.53. The lowest BCUT2D eigenvalue weighted by molar-refractivity contribution is -0.269. The largest absolute Gasteiger partial charge is 0.519 e. The monoisotopic (exact) mass is 852 g/mol. The van der Waals surface area contributed by atoms with Crippen LogP contribution in [0, 0.1) is 0 Å². The minimum atomic E-state index is -4.13. The summed E-state index contributed by atoms with van der Waals surface area (Å²) >= 11 is 0. The Hall–Kier alpha value is 0.809. The zero-order valence-corrected chi connectivity index (χ0v) is 45.1. The lowest BCUT2D eigenvalue weighted by Gasteiger charge is -2.64. The quantitative estimate of drug-likeness (QED) is 0.120. The van der Waals surface area contributed by atoms with E-state index in [1.54, 1.807) is 0 Å². The van der Waals surface area contributed by atoms with Crippen LogP contribution in [0.15, 0.2) is 30.8 Å². The molecule has 1 atom stereocenters. The minimum Gasteiger partial charge on any atom is -0.451 e. The summed E-state index contributed by atoms with van der Waals surface area (Å²) < 4.78 is 62.0. The van der Waals surface area contributed by atoms with Crippen molar-refractivity contribution in [2.24, 2.45) is 0 Å². The predicted molar refractivity (Wildman–Crippen MR) is 233 cm³/mol. The highest BCUT2D eigenvalue weighted by Gasteiger charge is 2.88. The van der Waals surface area contributed by atoms with Gasteiger partial charge in [0.1, 0.15) is 0 Å². The van der Waals surface area contributed by atoms with Crippen LogP contribution in [0.1, 0.15) is 5.56 Å². The molecule has 1 aliphatic heterocycles. The van der Waals surface area contributed by atoms with Gasteiger partial charge in [-0.25, -0.2) is 0 Å². The second-order valence-electron chi connectivity index (χ2n) is 20.3. The standard InChI is InChI=1S/C31H72O8Si10/c1-23-29-26-24-25-27-30(29)47(35-42(8,9)10)28-31(32-40(2,3)4,33-41(5,6)7)34-48(36-43(11,12)13,37-44(14,15)16)49(47,38-45(17,18)19)39-46(20,21)22/h23-27H,1,28H2,2-22H3. The molecule has 0 bridgehead atoms. The van der Waals surface area contributed by atoms with E-state index >= 15 is 0 Å². The van der Waals surface area contributed by atoms with Crippen LogP contribution in [0.5, 0.6) is 0 Å². The van der Waals surface area contributed by atoms with Crippen LogP contribution in [-0.2, 0) is 33.9 Å². The SMILES string of the molecule is C=Cc1ccccc1[Si]1(O[Si](C)(C)C)CC(O[Si](C)(C)C)(O[Si](C)(C)C)O[Si](O[Si](C)(C)C)(O[Si](C)(C)C)[Si]1(O[Si](C)(C)C)O[Si](C)(C)C. The summed E-state index contributed by atoms with van der Waals surface area (Å²) in [4.78, 5) is 0. The van der Waals surface area contributed by atoms with E-state index in [-0.39, 0.29) is 0 Å². The second-order valence-corrected chi connectivity index (χ2v) is 69.1. The Balaban J connectivity index is 3.64. The van der Waals surface area contributed by atoms with Gasteiger partial charge < -0.3 is 33.9 Å². The first-order valence-electron chi connectivity index (χ1n) is 17.7. The Bertz CT molecular complexity index is 1250. The van der Waals surface area contributed by atoms with Gasteiger partial charge in [0.2, 0.25) is 0 Å². The lowest BCUT2D eigenvalue weighted by atomic mass is 10.2. The van der Waals surface area contributed by atoms with Gasteiger partial charge in [0, 0.05) is 0 Å². The van der Waals surface area contributed by atoms with Gasteiger partial charge in [0.25, 0.3) is 13.8 Å². The van der Waals surface area contributed by atoms with Crippen molar-refractivity contribution >= 4 is 93.2 Å². The number of rotatable bonds is 16. The molecule has 0 aliphatic carbocycles. The van der Waals surface area contributed by atoms with Gasteiger partial charge in [-0.2, -0.15) is 0 Å². The van der Waals surface area contributed by atoms with Crippen molar-refractivity contribution in [2.75, 3.05) is 0 Å². The highest BCUT2D eigenvalue weighted by molar-refractivity contribution is 7.66. The fourth-order valence-corrected chi connectivity index (χ4v) is 81.1. The molecule has 284 valence electrons. The van der Waals surface area contributed by atoms with Gasteiger partial charge >= 0.3 is 15.9 Å². The summed E-state index contributed by atoms with van der Waals surface area (Å²) in [5, 5.41) is 1.09. The third-order valence-electron chi connectivity index (χ3n) is 6.49. The van der Waals surface area contributed by atoms with Crippen molar-refractivity contribution in [1.82, 2.24) is 0 Å². The Morgan fingerprint density at radius 2 is 0.918 bits per heavy atom. The molecular weight excluding hydrogens is 781 g/mol. The van der Waals surface area contributed by atoms with Crippen molar-refractivity contribution in [3.8, 4) is 0 Å². The average Bonchev–Trinajstić information content (AvgIpc) is 2.74. The Morgan fingerprint density at radius 3 is 1.24 bits per heavy atom. The summed E-state index contributed by atoms with van der Waals surface area (Å²) in [5.74, 6) is -1.47. The number of benzene rings is 1. The molecule has 0 N–H and O–H groups in total. The first-order valence-corrected chi connectivity index (χ1v) is 49.3. The first-order chi connectivity index (χ1) is 21.4. The molecule has 0 spiro atoms. The Kier molecular flexibility index (Phi) is 13.9. The molecule has 8 nitrogen and oxygen atoms in total. The topological polar surface area (TPSA) is 73.8 Å². The predicted octanol–water partition coefficient (Wildman–Crippen LogP) is 9.66. The van der Waals surface area contributed by atoms with Crippen molar-refractivity contribution < 1.29 is 33.9 Å². The fraction of sp³-hybridized carbons (Fsp3) is 0.742. The third-order valence-corrected chi connectivity index (χ3v) is 51.2. The highest BCUT2D eigenvalue weighted by atomic mass is 29.7. The number of hydrogen-bond acceptors (Lipinski definition) is 8. The molecule has 2 rings (SSSR count). The smallest absolute Gasteiger partial charge is 0.451 e. The molecule has 1 aromatic rings. The maximum Gasteiger partial charge on any atom is 0.519 e. The zero-order valence-electron chi connectivity index (χ0n) is 35.1. The molecule has 1 aliphatic rings. The van der Waals surface area contributed by atoms with E-state index in [1.807, 2.05) is 6.08 Å². The molecule has 1 aromatic carbocycles. The van der Waals surface area contributed by atoms with Crippen LogP contribution >= 0.6 is 0 Å². The molecular formula is C31H72O8Si10. The Morgan fingerprint density at radius 1 is 0.551 bits per heavy atom. The second kappa shape index (κ2) is 14.8. The fourth-order valence-electron chi connectivity index (χ4n) is 6.22. The van der Waals surface area contributed by atoms with Crippen LogP contribution < -0.4 is 5.19 Å². The van der Waals surface area contributed by atoms with E-state index in [2.05, 4.69) is 168 Å². The van der Waals surface area contributed by atoms with Gasteiger partial charge in [-0.3, -0.25) is 0 Å². The van der Waals surface area contributed by atoms with E-state index < -0.39 is 87.9 Å². The van der Waals surface area contributed by atoms with Crippen LogP contribution in [0.3, 0.4) is 0 Å². The van der Waals surface area contributed by atoms with Gasteiger partial charge in [-0.05, 0) is 148 Å². The molecule has 1 saturated heterocycles. The van der Waals surface area contributed by atoms with Crippen LogP contribution in [0.2, 0.25) is 144 Å². The summed E-state index contributed by atoms with van der Waals surface area (Å²) in [7, 11) is -28.7. The molecule has 0 radical (unpaired) electrons. The van der Waals surface area contributed by atoms with E-state index in [9.17, 15) is 0 Å². The molecule has 1 unspecified atom stereocenters. The van der Waals surface area contributed by atoms with Crippen molar-refractivity contribution in [2.45, 2.75) is 150 Å². The molecule has 49 heavy (non-hydrogen) atoms. The van der Waals surface area contributed by atoms with Gasteiger partial charge in [0.15, 0.2) is 58.2 Å². The van der Waals surface area contributed by atoms with Gasteiger partial charge in [0.05, 0.1) is 6.04 Å². The van der Waals surface area contributed by atoms with Gasteiger partial charge in [-0.15, -0.1) is 0 Å². The molecule has 1 fully saturated rings. The lowest BCUT2D eigenvalue weighted by Crippen LogP contribution is -2.97. The molecule has 0 saturated carbocycles. The Labute approximate surface area is 311 Å². The summed E-state index contributed by atoms with van der Waals surface area (Å²) in [5.41, 5.74) is 1.02. The van der Waals surface area contributed by atoms with Crippen molar-refractivity contribution in [1.29, 1.82) is 0 Å². The maximum absolute atomic E-state index is 8.05. The molecule has 0 amide bonds. The third kappa shape index (κ3) is 12.7. The van der Waals surface area contributed by atoms with Crippen molar-refractivity contribution in [3.05, 3.63) is 36.4 Å². The summed E-state index contributed by atoms with van der Waals surface area (Å²) in [6, 6.07) is 8.93.